The molecule has 2 amide bonds. The molecule has 2 aliphatic heterocycles. The van der Waals surface area contributed by atoms with Crippen molar-refractivity contribution in [2.45, 2.75) is 45.8 Å². The van der Waals surface area contributed by atoms with Gasteiger partial charge in [-0.15, -0.1) is 0 Å². The molecule has 8 heteroatoms. The molecule has 3 rings (SSSR count). The number of carbonyl (C=O) groups excluding carboxylic acids is 2. The molecule has 0 radical (unpaired) electrons. The summed E-state index contributed by atoms with van der Waals surface area (Å²) < 4.78 is 32.0. The number of amides is 2. The summed E-state index contributed by atoms with van der Waals surface area (Å²) in [6, 6.07) is 9.14. The summed E-state index contributed by atoms with van der Waals surface area (Å²) in [5.74, 6) is -0.774. The fourth-order valence-corrected chi connectivity index (χ4v) is 3.50. The summed E-state index contributed by atoms with van der Waals surface area (Å²) in [4.78, 5) is 26.8. The van der Waals surface area contributed by atoms with Crippen LogP contribution in [-0.2, 0) is 16.0 Å². The molecule has 1 atom stereocenters. The lowest BCUT2D eigenvalue weighted by Gasteiger charge is -2.39. The van der Waals surface area contributed by atoms with Crippen LogP contribution in [0.4, 0.5) is 13.6 Å². The number of alkyl halides is 2. The zero-order valence-corrected chi connectivity index (χ0v) is 15.6. The molecule has 27 heavy (non-hydrogen) atoms. The van der Waals surface area contributed by atoms with Crippen molar-refractivity contribution in [3.63, 3.8) is 0 Å². The van der Waals surface area contributed by atoms with Crippen LogP contribution in [0.15, 0.2) is 35.4 Å². The topological polar surface area (TPSA) is 62.2 Å². The SMILES string of the molecule is CC(C)(C)OC(=O)N1CCC2=NN(C(F)F)C(=O)C2(Cc2ccccc2)C1. The maximum atomic E-state index is 13.3. The summed E-state index contributed by atoms with van der Waals surface area (Å²) in [6.45, 7) is 2.48. The van der Waals surface area contributed by atoms with Crippen molar-refractivity contribution < 1.29 is 23.1 Å². The highest BCUT2D eigenvalue weighted by molar-refractivity contribution is 6.13. The van der Waals surface area contributed by atoms with E-state index < -0.39 is 29.6 Å². The molecule has 0 spiro atoms. The number of piperidine rings is 1. The predicted octanol–water partition coefficient (Wildman–Crippen LogP) is 3.28. The average Bonchev–Trinajstić information content (AvgIpc) is 2.87. The number of likely N-dealkylation sites (tertiary alicyclic amines) is 1. The number of halogens is 2. The molecule has 1 saturated heterocycles. The van der Waals surface area contributed by atoms with Crippen LogP contribution in [0, 0.1) is 5.41 Å². The van der Waals surface area contributed by atoms with E-state index in [1.54, 1.807) is 20.8 Å². The second-order valence-corrected chi connectivity index (χ2v) is 7.87. The molecule has 1 aromatic rings. The predicted molar refractivity (Wildman–Crippen MR) is 95.3 cm³/mol. The van der Waals surface area contributed by atoms with Crippen LogP contribution in [-0.4, -0.2) is 52.9 Å². The first kappa shape index (κ1) is 19.3. The summed E-state index contributed by atoms with van der Waals surface area (Å²) in [6.07, 6.45) is -0.105. The Morgan fingerprint density at radius 2 is 1.96 bits per heavy atom. The van der Waals surface area contributed by atoms with E-state index in [4.69, 9.17) is 4.74 Å². The van der Waals surface area contributed by atoms with Gasteiger partial charge in [-0.3, -0.25) is 4.79 Å². The summed E-state index contributed by atoms with van der Waals surface area (Å²) in [7, 11) is 0. The Hall–Kier alpha value is -2.51. The second-order valence-electron chi connectivity index (χ2n) is 7.87. The Labute approximate surface area is 156 Å². The van der Waals surface area contributed by atoms with Gasteiger partial charge in [0.05, 0.1) is 5.71 Å². The van der Waals surface area contributed by atoms with E-state index in [1.807, 2.05) is 30.3 Å². The lowest BCUT2D eigenvalue weighted by molar-refractivity contribution is -0.149. The third-order valence-electron chi connectivity index (χ3n) is 4.66. The van der Waals surface area contributed by atoms with Crippen LogP contribution in [0.25, 0.3) is 0 Å². The monoisotopic (exact) mass is 379 g/mol. The van der Waals surface area contributed by atoms with Gasteiger partial charge in [0.2, 0.25) is 0 Å². The van der Waals surface area contributed by atoms with Gasteiger partial charge < -0.3 is 9.64 Å². The van der Waals surface area contributed by atoms with Crippen molar-refractivity contribution in [1.82, 2.24) is 9.91 Å². The van der Waals surface area contributed by atoms with Crippen LogP contribution in [0.5, 0.6) is 0 Å². The van der Waals surface area contributed by atoms with Gasteiger partial charge in [0.15, 0.2) is 0 Å². The Balaban J connectivity index is 1.92. The van der Waals surface area contributed by atoms with Gasteiger partial charge in [-0.2, -0.15) is 18.9 Å². The number of fused-ring (bicyclic) bond motifs is 1. The minimum atomic E-state index is -3.02. The van der Waals surface area contributed by atoms with Gasteiger partial charge >= 0.3 is 12.6 Å². The van der Waals surface area contributed by atoms with Gasteiger partial charge in [-0.25, -0.2) is 4.79 Å². The van der Waals surface area contributed by atoms with Crippen LogP contribution in [0.1, 0.15) is 32.8 Å². The Kier molecular flexibility index (Phi) is 4.92. The summed E-state index contributed by atoms with van der Waals surface area (Å²) in [5, 5.41) is 4.15. The van der Waals surface area contributed by atoms with E-state index >= 15 is 0 Å². The molecule has 0 aliphatic carbocycles. The van der Waals surface area contributed by atoms with Gasteiger partial charge in [-0.05, 0) is 32.8 Å². The maximum absolute atomic E-state index is 13.3. The molecular weight excluding hydrogens is 356 g/mol. The third-order valence-corrected chi connectivity index (χ3v) is 4.66. The van der Waals surface area contributed by atoms with Crippen molar-refractivity contribution in [3.8, 4) is 0 Å². The molecule has 0 aromatic heterocycles. The Bertz CT molecular complexity index is 761. The first-order chi connectivity index (χ1) is 12.6. The smallest absolute Gasteiger partial charge is 0.410 e. The van der Waals surface area contributed by atoms with Crippen molar-refractivity contribution in [3.05, 3.63) is 35.9 Å². The number of carbonyl (C=O) groups is 2. The van der Waals surface area contributed by atoms with Crippen LogP contribution in [0.2, 0.25) is 0 Å². The number of nitrogens with zero attached hydrogens (tertiary/aromatic N) is 3. The molecule has 1 fully saturated rings. The number of ether oxygens (including phenoxy) is 1. The second kappa shape index (κ2) is 6.90. The number of benzene rings is 1. The Morgan fingerprint density at radius 1 is 1.30 bits per heavy atom. The van der Waals surface area contributed by atoms with Crippen molar-refractivity contribution in [1.29, 1.82) is 0 Å². The first-order valence-corrected chi connectivity index (χ1v) is 8.84. The highest BCUT2D eigenvalue weighted by atomic mass is 19.3. The van der Waals surface area contributed by atoms with Crippen LogP contribution >= 0.6 is 0 Å². The minimum absolute atomic E-state index is 0.0301. The Morgan fingerprint density at radius 3 is 2.56 bits per heavy atom. The van der Waals surface area contributed by atoms with Crippen molar-refractivity contribution in [2.75, 3.05) is 13.1 Å². The van der Waals surface area contributed by atoms with Crippen molar-refractivity contribution in [2.24, 2.45) is 10.5 Å². The van der Waals surface area contributed by atoms with Crippen molar-refractivity contribution >= 4 is 17.7 Å². The number of rotatable bonds is 3. The quantitative estimate of drug-likeness (QED) is 0.757. The summed E-state index contributed by atoms with van der Waals surface area (Å²) in [5.41, 5.74) is -0.753. The zero-order valence-electron chi connectivity index (χ0n) is 15.6. The number of hydrogen-bond donors (Lipinski definition) is 0. The van der Waals surface area contributed by atoms with E-state index in [9.17, 15) is 18.4 Å². The molecule has 0 bridgehead atoms. The number of hydrogen-bond acceptors (Lipinski definition) is 4. The zero-order chi connectivity index (χ0) is 19.8. The van der Waals surface area contributed by atoms with E-state index in [0.29, 0.717) is 5.71 Å². The lowest BCUT2D eigenvalue weighted by atomic mass is 9.73. The van der Waals surface area contributed by atoms with Gasteiger partial charge in [-0.1, -0.05) is 30.3 Å². The first-order valence-electron chi connectivity index (χ1n) is 8.84. The van der Waals surface area contributed by atoms with Gasteiger partial charge in [0.25, 0.3) is 5.91 Å². The highest BCUT2D eigenvalue weighted by Crippen LogP contribution is 2.40. The highest BCUT2D eigenvalue weighted by Gasteiger charge is 2.56. The van der Waals surface area contributed by atoms with E-state index in [-0.39, 0.29) is 30.9 Å². The van der Waals surface area contributed by atoms with Crippen LogP contribution < -0.4 is 0 Å². The van der Waals surface area contributed by atoms with Crippen LogP contribution in [0.3, 0.4) is 0 Å². The molecule has 146 valence electrons. The molecule has 2 heterocycles. The number of hydrazone groups is 1. The van der Waals surface area contributed by atoms with Gasteiger partial charge in [0.1, 0.15) is 11.0 Å². The molecule has 6 nitrogen and oxygen atoms in total. The molecule has 2 aliphatic rings. The normalized spacial score (nSPS) is 22.7. The standard InChI is InChI=1S/C19H23F2N3O3/c1-18(2,3)27-17(26)23-10-9-14-19(12-23,11-13-7-5-4-6-8-13)15(25)24(22-14)16(20)21/h4-8,16H,9-12H2,1-3H3. The molecular formula is C19H23F2N3O3. The fourth-order valence-electron chi connectivity index (χ4n) is 3.50. The van der Waals surface area contributed by atoms with Gasteiger partial charge in [0, 0.05) is 19.5 Å². The molecule has 1 unspecified atom stereocenters. The summed E-state index contributed by atoms with van der Waals surface area (Å²) >= 11 is 0. The molecule has 0 N–H and O–H groups in total. The lowest BCUT2D eigenvalue weighted by Crippen LogP contribution is -2.56. The van der Waals surface area contributed by atoms with E-state index in [2.05, 4.69) is 5.10 Å². The molecule has 1 aromatic carbocycles. The minimum Gasteiger partial charge on any atom is -0.444 e. The third kappa shape index (κ3) is 3.79. The van der Waals surface area contributed by atoms with E-state index in [0.717, 1.165) is 5.56 Å². The average molecular weight is 379 g/mol. The van der Waals surface area contributed by atoms with E-state index in [1.165, 1.54) is 4.90 Å². The fraction of sp³-hybridized carbons (Fsp3) is 0.526. The molecule has 0 saturated carbocycles. The largest absolute Gasteiger partial charge is 0.444 e. The maximum Gasteiger partial charge on any atom is 0.410 e.